The molecule has 2 fully saturated rings. The number of hydrogen-bond donors (Lipinski definition) is 1. The van der Waals surface area contributed by atoms with E-state index in [1.165, 1.54) is 0 Å². The number of benzene rings is 1. The van der Waals surface area contributed by atoms with Gasteiger partial charge in [-0.05, 0) is 25.0 Å². The Labute approximate surface area is 118 Å². The van der Waals surface area contributed by atoms with Crippen LogP contribution in [0.2, 0.25) is 0 Å². The van der Waals surface area contributed by atoms with Crippen molar-refractivity contribution in [3.8, 4) is 0 Å². The van der Waals surface area contributed by atoms with Crippen LogP contribution in [0.25, 0.3) is 0 Å². The van der Waals surface area contributed by atoms with Crippen molar-refractivity contribution in [2.24, 2.45) is 5.92 Å². The molecule has 1 aromatic rings. The van der Waals surface area contributed by atoms with Crippen molar-refractivity contribution in [2.45, 2.75) is 38.6 Å². The molecule has 2 aliphatic rings. The first-order valence-electron chi connectivity index (χ1n) is 6.91. The van der Waals surface area contributed by atoms with Crippen LogP contribution in [-0.4, -0.2) is 41.0 Å². The molecular weight excluding hydrogens is 258 g/mol. The van der Waals surface area contributed by atoms with Crippen molar-refractivity contribution >= 4 is 5.97 Å². The molecule has 0 aliphatic carbocycles. The van der Waals surface area contributed by atoms with Crippen LogP contribution in [0.3, 0.4) is 0 Å². The maximum atomic E-state index is 12.0. The zero-order chi connectivity index (χ0) is 14.3. The molecule has 1 N–H and O–H groups in total. The second-order valence-electron chi connectivity index (χ2n) is 5.49. The molecule has 0 unspecified atom stereocenters. The lowest BCUT2D eigenvalue weighted by molar-refractivity contribution is -0.195. The van der Waals surface area contributed by atoms with Crippen LogP contribution >= 0.6 is 0 Å². The van der Waals surface area contributed by atoms with E-state index in [0.29, 0.717) is 6.54 Å². The van der Waals surface area contributed by atoms with E-state index in [2.05, 4.69) is 0 Å². The van der Waals surface area contributed by atoms with E-state index in [-0.39, 0.29) is 30.7 Å². The summed E-state index contributed by atoms with van der Waals surface area (Å²) in [6, 6.07) is 7.58. The Hall–Kier alpha value is -1.43. The Morgan fingerprint density at radius 1 is 1.35 bits per heavy atom. The number of aliphatic hydroxyl groups excluding tert-OH is 1. The van der Waals surface area contributed by atoms with Crippen LogP contribution in [0.4, 0.5) is 0 Å². The van der Waals surface area contributed by atoms with Crippen molar-refractivity contribution in [1.29, 1.82) is 0 Å². The zero-order valence-corrected chi connectivity index (χ0v) is 11.7. The minimum atomic E-state index is -0.415. The minimum absolute atomic E-state index is 0.100. The molecule has 2 saturated heterocycles. The minimum Gasteiger partial charge on any atom is -0.461 e. The van der Waals surface area contributed by atoms with Crippen LogP contribution in [0.15, 0.2) is 24.3 Å². The van der Waals surface area contributed by atoms with Gasteiger partial charge in [-0.2, -0.15) is 5.06 Å². The zero-order valence-electron chi connectivity index (χ0n) is 11.7. The number of aliphatic hydroxyl groups is 1. The maximum absolute atomic E-state index is 12.0. The number of carbonyl (C=O) groups excluding carboxylic acids is 1. The smallest absolute Gasteiger partial charge is 0.326 e. The molecule has 2 heterocycles. The van der Waals surface area contributed by atoms with Crippen LogP contribution in [0.5, 0.6) is 0 Å². The SMILES string of the molecule is Cc1ccccc1CN1O[C@H](CO)[C@@H]2[C@@H](C)OC(=O)[C@@H]21. The highest BCUT2D eigenvalue weighted by molar-refractivity contribution is 5.79. The third-order valence-electron chi connectivity index (χ3n) is 4.23. The van der Waals surface area contributed by atoms with E-state index in [4.69, 9.17) is 9.57 Å². The lowest BCUT2D eigenvalue weighted by Gasteiger charge is -2.20. The number of esters is 1. The first-order chi connectivity index (χ1) is 9.61. The predicted molar refractivity (Wildman–Crippen MR) is 71.5 cm³/mol. The number of cyclic esters (lactones) is 1. The Bertz CT molecular complexity index is 518. The van der Waals surface area contributed by atoms with Gasteiger partial charge in [0.15, 0.2) is 0 Å². The normalized spacial score (nSPS) is 33.2. The van der Waals surface area contributed by atoms with Crippen molar-refractivity contribution in [1.82, 2.24) is 5.06 Å². The number of aryl methyl sites for hydroxylation is 1. The summed E-state index contributed by atoms with van der Waals surface area (Å²) in [7, 11) is 0. The highest BCUT2D eigenvalue weighted by Crippen LogP contribution is 2.38. The van der Waals surface area contributed by atoms with Crippen LogP contribution < -0.4 is 0 Å². The second kappa shape index (κ2) is 5.16. The summed E-state index contributed by atoms with van der Waals surface area (Å²) in [4.78, 5) is 17.7. The quantitative estimate of drug-likeness (QED) is 0.836. The van der Waals surface area contributed by atoms with Crippen molar-refractivity contribution in [2.75, 3.05) is 6.61 Å². The molecule has 1 aromatic carbocycles. The summed E-state index contributed by atoms with van der Waals surface area (Å²) in [5.74, 6) is -0.358. The van der Waals surface area contributed by atoms with Gasteiger partial charge in [0.25, 0.3) is 0 Å². The summed E-state index contributed by atoms with van der Waals surface area (Å²) in [6.07, 6.45) is -0.586. The predicted octanol–water partition coefficient (Wildman–Crippen LogP) is 1.03. The summed E-state index contributed by atoms with van der Waals surface area (Å²) in [5.41, 5.74) is 2.26. The van der Waals surface area contributed by atoms with Gasteiger partial charge in [0.05, 0.1) is 19.1 Å². The van der Waals surface area contributed by atoms with Gasteiger partial charge in [0.1, 0.15) is 18.2 Å². The number of hydrogen-bond acceptors (Lipinski definition) is 5. The molecule has 0 aromatic heterocycles. The molecule has 2 aliphatic heterocycles. The third kappa shape index (κ3) is 2.12. The second-order valence-corrected chi connectivity index (χ2v) is 5.49. The average molecular weight is 277 g/mol. The summed E-state index contributed by atoms with van der Waals surface area (Å²) < 4.78 is 5.29. The highest BCUT2D eigenvalue weighted by Gasteiger charge is 2.56. The molecule has 0 spiro atoms. The summed E-state index contributed by atoms with van der Waals surface area (Å²) in [6.45, 7) is 4.30. The van der Waals surface area contributed by atoms with E-state index < -0.39 is 6.04 Å². The fourth-order valence-corrected chi connectivity index (χ4v) is 3.12. The summed E-state index contributed by atoms with van der Waals surface area (Å²) in [5, 5.41) is 11.1. The van der Waals surface area contributed by atoms with Crippen molar-refractivity contribution < 1.29 is 19.5 Å². The Balaban J connectivity index is 1.84. The molecule has 3 rings (SSSR count). The third-order valence-corrected chi connectivity index (χ3v) is 4.23. The standard InChI is InChI=1S/C15H19NO4/c1-9-5-3-4-6-11(9)7-16-14-13(12(8-17)20-16)10(2)19-15(14)18/h3-6,10,12-14,17H,7-8H2,1-2H3/t10-,12-,13+,14-/m1/s1. The van der Waals surface area contributed by atoms with Gasteiger partial charge in [-0.1, -0.05) is 24.3 Å². The molecule has 4 atom stereocenters. The van der Waals surface area contributed by atoms with E-state index in [1.807, 2.05) is 38.1 Å². The Morgan fingerprint density at radius 2 is 2.10 bits per heavy atom. The van der Waals surface area contributed by atoms with Crippen LogP contribution in [0.1, 0.15) is 18.1 Å². The monoisotopic (exact) mass is 277 g/mol. The summed E-state index contributed by atoms with van der Waals surface area (Å²) >= 11 is 0. The van der Waals surface area contributed by atoms with Crippen molar-refractivity contribution in [3.63, 3.8) is 0 Å². The number of fused-ring (bicyclic) bond motifs is 1. The van der Waals surface area contributed by atoms with Gasteiger partial charge < -0.3 is 9.84 Å². The first-order valence-corrected chi connectivity index (χ1v) is 6.91. The van der Waals surface area contributed by atoms with Gasteiger partial charge >= 0.3 is 5.97 Å². The maximum Gasteiger partial charge on any atom is 0.326 e. The van der Waals surface area contributed by atoms with Gasteiger partial charge in [-0.3, -0.25) is 9.63 Å². The fraction of sp³-hybridized carbons (Fsp3) is 0.533. The molecular formula is C15H19NO4. The number of rotatable bonds is 3. The Morgan fingerprint density at radius 3 is 2.80 bits per heavy atom. The largest absolute Gasteiger partial charge is 0.461 e. The molecule has 0 radical (unpaired) electrons. The highest BCUT2D eigenvalue weighted by atomic mass is 16.7. The molecule has 0 saturated carbocycles. The first kappa shape index (κ1) is 13.5. The molecule has 0 bridgehead atoms. The molecule has 0 amide bonds. The van der Waals surface area contributed by atoms with Gasteiger partial charge in [0.2, 0.25) is 0 Å². The lowest BCUT2D eigenvalue weighted by Crippen LogP contribution is -2.35. The van der Waals surface area contributed by atoms with E-state index in [0.717, 1.165) is 11.1 Å². The van der Waals surface area contributed by atoms with Crippen LogP contribution in [-0.2, 0) is 20.9 Å². The number of nitrogens with zero attached hydrogens (tertiary/aromatic N) is 1. The van der Waals surface area contributed by atoms with E-state index in [9.17, 15) is 9.90 Å². The van der Waals surface area contributed by atoms with E-state index >= 15 is 0 Å². The van der Waals surface area contributed by atoms with E-state index in [1.54, 1.807) is 5.06 Å². The molecule has 5 heteroatoms. The average Bonchev–Trinajstić information content (AvgIpc) is 2.93. The van der Waals surface area contributed by atoms with Gasteiger partial charge in [-0.25, -0.2) is 0 Å². The number of ether oxygens (including phenoxy) is 1. The fourth-order valence-electron chi connectivity index (χ4n) is 3.12. The number of carbonyl (C=O) groups is 1. The molecule has 5 nitrogen and oxygen atoms in total. The van der Waals surface area contributed by atoms with Crippen LogP contribution in [0, 0.1) is 12.8 Å². The lowest BCUT2D eigenvalue weighted by atomic mass is 9.93. The number of hydroxylamine groups is 2. The molecule has 108 valence electrons. The van der Waals surface area contributed by atoms with Gasteiger partial charge in [0, 0.05) is 0 Å². The Kier molecular flexibility index (Phi) is 3.50. The molecule has 20 heavy (non-hydrogen) atoms. The topological polar surface area (TPSA) is 59.0 Å². The van der Waals surface area contributed by atoms with Crippen molar-refractivity contribution in [3.05, 3.63) is 35.4 Å². The van der Waals surface area contributed by atoms with Gasteiger partial charge in [-0.15, -0.1) is 0 Å².